The summed E-state index contributed by atoms with van der Waals surface area (Å²) in [7, 11) is 3.13. The average Bonchev–Trinajstić information content (AvgIpc) is 2.75. The largest absolute Gasteiger partial charge is 0.497 e. The number of hydrogen-bond acceptors (Lipinski definition) is 6. The summed E-state index contributed by atoms with van der Waals surface area (Å²) < 4.78 is 10.1. The molecule has 8 nitrogen and oxygen atoms in total. The van der Waals surface area contributed by atoms with Gasteiger partial charge in [-0.3, -0.25) is 9.59 Å². The summed E-state index contributed by atoms with van der Waals surface area (Å²) in [6, 6.07) is 7.16. The first kappa shape index (κ1) is 21.7. The average molecular weight is 412 g/mol. The normalized spacial score (nSPS) is 14.4. The highest BCUT2D eigenvalue weighted by Gasteiger charge is 2.25. The number of hydrogen-bond donors (Lipinski definition) is 1. The zero-order chi connectivity index (χ0) is 21.5. The number of aryl methyl sites for hydroxylation is 1. The fraction of sp³-hybridized carbons (Fsp3) is 0.455. The monoisotopic (exact) mass is 412 g/mol. The van der Waals surface area contributed by atoms with Crippen LogP contribution in [-0.2, 0) is 16.0 Å². The van der Waals surface area contributed by atoms with Crippen molar-refractivity contribution in [1.29, 1.82) is 0 Å². The molecule has 3 rings (SSSR count). The molecule has 1 aromatic heterocycles. The van der Waals surface area contributed by atoms with Crippen molar-refractivity contribution in [3.63, 3.8) is 0 Å². The molecule has 1 aliphatic rings. The van der Waals surface area contributed by atoms with Crippen molar-refractivity contribution in [2.24, 2.45) is 5.92 Å². The number of nitrogens with one attached hydrogen (secondary N) is 1. The molecule has 1 fully saturated rings. The predicted octanol–water partition coefficient (Wildman–Crippen LogP) is 2.47. The number of rotatable bonds is 7. The van der Waals surface area contributed by atoms with Crippen molar-refractivity contribution in [2.75, 3.05) is 39.2 Å². The third kappa shape index (κ3) is 5.54. The van der Waals surface area contributed by atoms with Crippen LogP contribution in [0, 0.1) is 12.8 Å². The third-order valence-corrected chi connectivity index (χ3v) is 5.30. The second-order valence-electron chi connectivity index (χ2n) is 7.42. The van der Waals surface area contributed by atoms with E-state index in [2.05, 4.69) is 15.3 Å². The molecule has 30 heavy (non-hydrogen) atoms. The highest BCUT2D eigenvalue weighted by molar-refractivity contribution is 6.04. The van der Waals surface area contributed by atoms with E-state index in [4.69, 9.17) is 9.47 Å². The molecule has 0 saturated carbocycles. The maximum absolute atomic E-state index is 12.9. The summed E-state index contributed by atoms with van der Waals surface area (Å²) in [5.41, 5.74) is 1.90. The molecule has 0 radical (unpaired) electrons. The zero-order valence-electron chi connectivity index (χ0n) is 17.7. The molecule has 2 heterocycles. The van der Waals surface area contributed by atoms with Gasteiger partial charge in [-0.2, -0.15) is 0 Å². The number of methoxy groups -OCH3 is 2. The van der Waals surface area contributed by atoms with Gasteiger partial charge in [-0.1, -0.05) is 0 Å². The summed E-state index contributed by atoms with van der Waals surface area (Å²) >= 11 is 0. The van der Waals surface area contributed by atoms with Gasteiger partial charge in [0.2, 0.25) is 5.91 Å². The number of piperidine rings is 1. The van der Waals surface area contributed by atoms with Gasteiger partial charge >= 0.3 is 0 Å². The number of aromatic nitrogens is 2. The summed E-state index contributed by atoms with van der Waals surface area (Å²) in [4.78, 5) is 35.5. The van der Waals surface area contributed by atoms with Gasteiger partial charge in [-0.25, -0.2) is 9.97 Å². The van der Waals surface area contributed by atoms with E-state index in [9.17, 15) is 9.59 Å². The van der Waals surface area contributed by atoms with Gasteiger partial charge < -0.3 is 19.7 Å². The summed E-state index contributed by atoms with van der Waals surface area (Å²) in [6.07, 6.45) is 4.02. The van der Waals surface area contributed by atoms with E-state index in [1.165, 1.54) is 7.11 Å². The number of amides is 2. The number of ether oxygens (including phenoxy) is 2. The van der Waals surface area contributed by atoms with Crippen LogP contribution in [0.4, 0.5) is 5.69 Å². The van der Waals surface area contributed by atoms with E-state index in [1.54, 1.807) is 37.6 Å². The molecule has 2 aromatic rings. The van der Waals surface area contributed by atoms with Gasteiger partial charge in [-0.05, 0) is 56.4 Å². The molecule has 1 saturated heterocycles. The molecule has 1 aromatic carbocycles. The van der Waals surface area contributed by atoms with E-state index in [-0.39, 0.29) is 18.4 Å². The number of anilines is 1. The smallest absolute Gasteiger partial charge is 0.259 e. The maximum atomic E-state index is 12.9. The molecule has 8 heteroatoms. The van der Waals surface area contributed by atoms with Gasteiger partial charge in [0.15, 0.2) is 0 Å². The molecule has 160 valence electrons. The van der Waals surface area contributed by atoms with Crippen molar-refractivity contribution in [3.05, 3.63) is 47.5 Å². The minimum absolute atomic E-state index is 0.0217. The Morgan fingerprint density at radius 2 is 1.87 bits per heavy atom. The van der Waals surface area contributed by atoms with Crippen LogP contribution in [-0.4, -0.2) is 60.6 Å². The summed E-state index contributed by atoms with van der Waals surface area (Å²) in [6.45, 7) is 3.33. The van der Waals surface area contributed by atoms with E-state index in [0.717, 1.165) is 24.3 Å². The van der Waals surface area contributed by atoms with Crippen LogP contribution in [0.15, 0.2) is 30.5 Å². The highest BCUT2D eigenvalue weighted by Crippen LogP contribution is 2.23. The Morgan fingerprint density at radius 3 is 2.50 bits per heavy atom. The Labute approximate surface area is 176 Å². The van der Waals surface area contributed by atoms with Crippen LogP contribution in [0.3, 0.4) is 0 Å². The first-order valence-corrected chi connectivity index (χ1v) is 10.0. The van der Waals surface area contributed by atoms with Crippen molar-refractivity contribution in [1.82, 2.24) is 14.9 Å². The lowest BCUT2D eigenvalue weighted by Gasteiger charge is -2.32. The van der Waals surface area contributed by atoms with Gasteiger partial charge in [0.05, 0.1) is 18.4 Å². The number of carbonyl (C=O) groups is 2. The standard InChI is InChI=1S/C22H28N4O4/c1-15-23-13-19(22(28)25-17-4-6-18(30-3)7-5-17)20(24-15)12-16-8-10-26(11-9-16)21(27)14-29-2/h4-7,13,16H,8-12,14H2,1-3H3,(H,25,28). The van der Waals surface area contributed by atoms with Gasteiger partial charge in [-0.15, -0.1) is 0 Å². The van der Waals surface area contributed by atoms with E-state index >= 15 is 0 Å². The number of nitrogens with zero attached hydrogens (tertiary/aromatic N) is 3. The Bertz CT molecular complexity index is 877. The Hall–Kier alpha value is -3.00. The Morgan fingerprint density at radius 1 is 1.17 bits per heavy atom. The Kier molecular flexibility index (Phi) is 7.35. The molecular formula is C22H28N4O4. The van der Waals surface area contributed by atoms with E-state index in [1.807, 2.05) is 11.8 Å². The number of likely N-dealkylation sites (tertiary alicyclic amines) is 1. The van der Waals surface area contributed by atoms with E-state index in [0.29, 0.717) is 42.5 Å². The third-order valence-electron chi connectivity index (χ3n) is 5.30. The van der Waals surface area contributed by atoms with Crippen LogP contribution in [0.25, 0.3) is 0 Å². The van der Waals surface area contributed by atoms with Crippen LogP contribution in [0.1, 0.15) is 34.7 Å². The summed E-state index contributed by atoms with van der Waals surface area (Å²) in [5.74, 6) is 1.51. The first-order chi connectivity index (χ1) is 14.5. The van der Waals surface area contributed by atoms with Gasteiger partial charge in [0.1, 0.15) is 18.2 Å². The fourth-order valence-electron chi connectivity index (χ4n) is 3.61. The molecule has 1 aliphatic heterocycles. The van der Waals surface area contributed by atoms with Crippen LogP contribution in [0.5, 0.6) is 5.75 Å². The lowest BCUT2D eigenvalue weighted by molar-refractivity contribution is -0.136. The van der Waals surface area contributed by atoms with Crippen LogP contribution in [0.2, 0.25) is 0 Å². The van der Waals surface area contributed by atoms with Gasteiger partial charge in [0.25, 0.3) is 5.91 Å². The second-order valence-corrected chi connectivity index (χ2v) is 7.42. The fourth-order valence-corrected chi connectivity index (χ4v) is 3.61. The minimum Gasteiger partial charge on any atom is -0.497 e. The SMILES string of the molecule is COCC(=O)N1CCC(Cc2nc(C)ncc2C(=O)Nc2ccc(OC)cc2)CC1. The molecule has 0 aliphatic carbocycles. The minimum atomic E-state index is -0.233. The van der Waals surface area contributed by atoms with E-state index < -0.39 is 0 Å². The lowest BCUT2D eigenvalue weighted by Crippen LogP contribution is -2.40. The molecule has 1 N–H and O–H groups in total. The van der Waals surface area contributed by atoms with Crippen molar-refractivity contribution in [2.45, 2.75) is 26.2 Å². The van der Waals surface area contributed by atoms with Crippen LogP contribution >= 0.6 is 0 Å². The topological polar surface area (TPSA) is 93.7 Å². The maximum Gasteiger partial charge on any atom is 0.259 e. The molecule has 2 amide bonds. The zero-order valence-corrected chi connectivity index (χ0v) is 17.7. The number of benzene rings is 1. The van der Waals surface area contributed by atoms with Crippen molar-refractivity contribution < 1.29 is 19.1 Å². The lowest BCUT2D eigenvalue weighted by atomic mass is 9.90. The first-order valence-electron chi connectivity index (χ1n) is 10.0. The quantitative estimate of drug-likeness (QED) is 0.751. The number of carbonyl (C=O) groups excluding carboxylic acids is 2. The molecule has 0 unspecified atom stereocenters. The molecule has 0 bridgehead atoms. The predicted molar refractivity (Wildman–Crippen MR) is 113 cm³/mol. The molecule has 0 spiro atoms. The van der Waals surface area contributed by atoms with Crippen molar-refractivity contribution in [3.8, 4) is 5.75 Å². The van der Waals surface area contributed by atoms with Gasteiger partial charge in [0, 0.05) is 32.1 Å². The summed E-state index contributed by atoms with van der Waals surface area (Å²) in [5, 5.41) is 2.90. The van der Waals surface area contributed by atoms with Crippen molar-refractivity contribution >= 4 is 17.5 Å². The molecule has 0 atom stereocenters. The Balaban J connectivity index is 1.66. The van der Waals surface area contributed by atoms with Crippen LogP contribution < -0.4 is 10.1 Å². The molecular weight excluding hydrogens is 384 g/mol. The highest BCUT2D eigenvalue weighted by atomic mass is 16.5. The second kappa shape index (κ2) is 10.2.